The molecule has 3 N–H and O–H groups in total. The van der Waals surface area contributed by atoms with Crippen LogP contribution in [0.1, 0.15) is 30.9 Å². The van der Waals surface area contributed by atoms with Gasteiger partial charge in [-0.05, 0) is 17.5 Å². The zero-order valence-corrected chi connectivity index (χ0v) is 11.8. The normalized spacial score (nSPS) is 19.1. The van der Waals surface area contributed by atoms with Gasteiger partial charge in [-0.15, -0.1) is 0 Å². The second-order valence-electron chi connectivity index (χ2n) is 5.51. The lowest BCUT2D eigenvalue weighted by atomic mass is 9.72. The number of ether oxygens (including phenoxy) is 2. The van der Waals surface area contributed by atoms with E-state index >= 15 is 0 Å². The van der Waals surface area contributed by atoms with Gasteiger partial charge in [-0.1, -0.05) is 26.0 Å². The van der Waals surface area contributed by atoms with Gasteiger partial charge in [0.15, 0.2) is 0 Å². The summed E-state index contributed by atoms with van der Waals surface area (Å²) in [5, 5.41) is 10.3. The van der Waals surface area contributed by atoms with E-state index in [2.05, 4.69) is 26.0 Å². The van der Waals surface area contributed by atoms with Crippen molar-refractivity contribution in [1.29, 1.82) is 0 Å². The summed E-state index contributed by atoms with van der Waals surface area (Å²) in [6.45, 7) is 5.49. The van der Waals surface area contributed by atoms with Crippen molar-refractivity contribution in [3.8, 4) is 5.75 Å². The number of aliphatic hydroxyl groups is 1. The van der Waals surface area contributed by atoms with E-state index in [1.54, 1.807) is 7.11 Å². The lowest BCUT2D eigenvalue weighted by molar-refractivity contribution is -0.117. The molecule has 0 aromatic heterocycles. The molecule has 0 amide bonds. The van der Waals surface area contributed by atoms with Crippen LogP contribution >= 0.6 is 0 Å². The lowest BCUT2D eigenvalue weighted by Crippen LogP contribution is -2.57. The Morgan fingerprint density at radius 3 is 2.53 bits per heavy atom. The number of hydrogen-bond donors (Lipinski definition) is 2. The highest BCUT2D eigenvalue weighted by atomic mass is 16.5. The monoisotopic (exact) mass is 265 g/mol. The molecule has 1 atom stereocenters. The highest BCUT2D eigenvalue weighted by Gasteiger charge is 2.48. The van der Waals surface area contributed by atoms with Gasteiger partial charge in [0, 0.05) is 12.1 Å². The Labute approximate surface area is 114 Å². The third-order valence-electron chi connectivity index (χ3n) is 4.01. The first-order valence-electron chi connectivity index (χ1n) is 6.69. The maximum atomic E-state index is 10.3. The molecule has 0 radical (unpaired) electrons. The van der Waals surface area contributed by atoms with Crippen LogP contribution in [0, 0.1) is 0 Å². The van der Waals surface area contributed by atoms with E-state index < -0.39 is 11.5 Å². The van der Waals surface area contributed by atoms with Gasteiger partial charge in [0.05, 0.1) is 31.8 Å². The summed E-state index contributed by atoms with van der Waals surface area (Å²) in [6.07, 6.45) is -0.613. The molecule has 2 rings (SSSR count). The molecule has 0 spiro atoms. The van der Waals surface area contributed by atoms with E-state index in [1.165, 1.54) is 5.56 Å². The number of rotatable bonds is 5. The average molecular weight is 265 g/mol. The fourth-order valence-corrected chi connectivity index (χ4v) is 2.55. The van der Waals surface area contributed by atoms with Crippen molar-refractivity contribution >= 4 is 0 Å². The van der Waals surface area contributed by atoms with Crippen LogP contribution in [0.25, 0.3) is 0 Å². The zero-order valence-electron chi connectivity index (χ0n) is 11.8. The Morgan fingerprint density at radius 1 is 1.42 bits per heavy atom. The van der Waals surface area contributed by atoms with Crippen LogP contribution in [0.5, 0.6) is 5.75 Å². The van der Waals surface area contributed by atoms with Gasteiger partial charge in [-0.25, -0.2) is 0 Å². The molecule has 4 heteroatoms. The van der Waals surface area contributed by atoms with Crippen molar-refractivity contribution in [2.24, 2.45) is 5.73 Å². The largest absolute Gasteiger partial charge is 0.496 e. The minimum Gasteiger partial charge on any atom is -0.496 e. The summed E-state index contributed by atoms with van der Waals surface area (Å²) < 4.78 is 10.8. The molecule has 1 aliphatic rings. The number of aliphatic hydroxyl groups excluding tert-OH is 1. The average Bonchev–Trinajstić information content (AvgIpc) is 2.36. The Kier molecular flexibility index (Phi) is 4.13. The maximum absolute atomic E-state index is 10.3. The second-order valence-corrected chi connectivity index (χ2v) is 5.51. The van der Waals surface area contributed by atoms with Gasteiger partial charge < -0.3 is 20.3 Å². The van der Waals surface area contributed by atoms with Crippen LogP contribution in [0.4, 0.5) is 0 Å². The first-order valence-corrected chi connectivity index (χ1v) is 6.69. The predicted molar refractivity (Wildman–Crippen MR) is 74.6 cm³/mol. The lowest BCUT2D eigenvalue weighted by Gasteiger charge is -2.45. The van der Waals surface area contributed by atoms with E-state index in [-0.39, 0.29) is 6.54 Å². The number of hydrogen-bond acceptors (Lipinski definition) is 4. The molecule has 0 saturated carbocycles. The molecule has 0 aliphatic carbocycles. The second kappa shape index (κ2) is 5.49. The Bertz CT molecular complexity index is 441. The van der Waals surface area contributed by atoms with Crippen LogP contribution in [-0.2, 0) is 10.2 Å². The molecular weight excluding hydrogens is 242 g/mol. The van der Waals surface area contributed by atoms with Crippen LogP contribution in [-0.4, -0.2) is 38.1 Å². The van der Waals surface area contributed by atoms with Gasteiger partial charge >= 0.3 is 0 Å². The third-order valence-corrected chi connectivity index (χ3v) is 4.01. The molecule has 1 aliphatic heterocycles. The molecule has 19 heavy (non-hydrogen) atoms. The van der Waals surface area contributed by atoms with Crippen molar-refractivity contribution in [3.63, 3.8) is 0 Å². The standard InChI is InChI=1S/C15H23NO3/c1-10(2)11-4-5-13(18-3)12(6-11)15(8-19-9-15)14(17)7-16/h4-6,10,14,17H,7-9,16H2,1-3H3. The quantitative estimate of drug-likeness (QED) is 0.845. The topological polar surface area (TPSA) is 64.7 Å². The SMILES string of the molecule is COc1ccc(C(C)C)cc1C1(C(O)CN)COC1. The van der Waals surface area contributed by atoms with Crippen molar-refractivity contribution in [1.82, 2.24) is 0 Å². The highest BCUT2D eigenvalue weighted by molar-refractivity contribution is 5.45. The molecule has 1 aromatic rings. The van der Waals surface area contributed by atoms with E-state index in [0.717, 1.165) is 11.3 Å². The molecule has 1 heterocycles. The van der Waals surface area contributed by atoms with E-state index in [1.807, 2.05) is 6.07 Å². The smallest absolute Gasteiger partial charge is 0.122 e. The highest BCUT2D eigenvalue weighted by Crippen LogP contribution is 2.41. The number of nitrogens with two attached hydrogens (primary N) is 1. The molecule has 106 valence electrons. The summed E-state index contributed by atoms with van der Waals surface area (Å²) in [5.74, 6) is 1.22. The van der Waals surface area contributed by atoms with Crippen molar-refractivity contribution < 1.29 is 14.6 Å². The molecule has 1 fully saturated rings. The van der Waals surface area contributed by atoms with Crippen molar-refractivity contribution in [3.05, 3.63) is 29.3 Å². The van der Waals surface area contributed by atoms with Gasteiger partial charge in [0.2, 0.25) is 0 Å². The maximum Gasteiger partial charge on any atom is 0.122 e. The summed E-state index contributed by atoms with van der Waals surface area (Å²) >= 11 is 0. The molecule has 1 unspecified atom stereocenters. The summed E-state index contributed by atoms with van der Waals surface area (Å²) in [7, 11) is 1.65. The van der Waals surface area contributed by atoms with Crippen LogP contribution in [0.3, 0.4) is 0 Å². The summed E-state index contributed by atoms with van der Waals surface area (Å²) in [4.78, 5) is 0. The fraction of sp³-hybridized carbons (Fsp3) is 0.600. The van der Waals surface area contributed by atoms with Crippen molar-refractivity contribution in [2.75, 3.05) is 26.9 Å². The van der Waals surface area contributed by atoms with Gasteiger partial charge in [-0.3, -0.25) is 0 Å². The molecule has 1 aromatic carbocycles. The summed E-state index contributed by atoms with van der Waals surface area (Å²) in [6, 6.07) is 6.15. The Morgan fingerprint density at radius 2 is 2.11 bits per heavy atom. The number of methoxy groups -OCH3 is 1. The van der Waals surface area contributed by atoms with Crippen LogP contribution < -0.4 is 10.5 Å². The van der Waals surface area contributed by atoms with Gasteiger partial charge in [-0.2, -0.15) is 0 Å². The van der Waals surface area contributed by atoms with Crippen LogP contribution in [0.15, 0.2) is 18.2 Å². The van der Waals surface area contributed by atoms with E-state index in [4.69, 9.17) is 15.2 Å². The van der Waals surface area contributed by atoms with Gasteiger partial charge in [0.1, 0.15) is 5.75 Å². The zero-order chi connectivity index (χ0) is 14.0. The Hall–Kier alpha value is -1.10. The Balaban J connectivity index is 2.49. The van der Waals surface area contributed by atoms with E-state index in [9.17, 15) is 5.11 Å². The molecule has 0 bridgehead atoms. The summed E-state index contributed by atoms with van der Waals surface area (Å²) in [5.41, 5.74) is 7.46. The van der Waals surface area contributed by atoms with Crippen LogP contribution in [0.2, 0.25) is 0 Å². The molecule has 4 nitrogen and oxygen atoms in total. The number of benzene rings is 1. The first-order chi connectivity index (χ1) is 9.05. The molecular formula is C15H23NO3. The predicted octanol–water partition coefficient (Wildman–Crippen LogP) is 1.41. The minimum absolute atomic E-state index is 0.221. The molecule has 1 saturated heterocycles. The fourth-order valence-electron chi connectivity index (χ4n) is 2.55. The minimum atomic E-state index is -0.613. The van der Waals surface area contributed by atoms with Gasteiger partial charge in [0.25, 0.3) is 0 Å². The van der Waals surface area contributed by atoms with Crippen molar-refractivity contribution in [2.45, 2.75) is 31.3 Å². The third kappa shape index (κ3) is 2.36. The van der Waals surface area contributed by atoms with E-state index in [0.29, 0.717) is 19.1 Å². The first kappa shape index (κ1) is 14.3.